The maximum absolute atomic E-state index is 15.0. The van der Waals surface area contributed by atoms with Crippen molar-refractivity contribution in [3.05, 3.63) is 53.1 Å². The molecule has 0 saturated heterocycles. The van der Waals surface area contributed by atoms with Gasteiger partial charge in [-0.1, -0.05) is 75.8 Å². The lowest BCUT2D eigenvalue weighted by molar-refractivity contribution is 0.121. The number of benzene rings is 1. The molecule has 0 amide bonds. The minimum atomic E-state index is -0.613. The van der Waals surface area contributed by atoms with Gasteiger partial charge in [-0.05, 0) is 131 Å². The second-order valence-corrected chi connectivity index (χ2v) is 12.9. The van der Waals surface area contributed by atoms with Gasteiger partial charge >= 0.3 is 0 Å². The molecule has 1 unspecified atom stereocenters. The Morgan fingerprint density at radius 2 is 1.42 bits per heavy atom. The van der Waals surface area contributed by atoms with E-state index in [4.69, 9.17) is 0 Å². The number of rotatable bonds is 12. The van der Waals surface area contributed by atoms with Crippen LogP contribution < -0.4 is 0 Å². The van der Waals surface area contributed by atoms with Gasteiger partial charge in [0.05, 0.1) is 0 Å². The van der Waals surface area contributed by atoms with E-state index in [2.05, 4.69) is 32.1 Å². The highest BCUT2D eigenvalue weighted by molar-refractivity contribution is 5.67. The van der Waals surface area contributed by atoms with E-state index in [0.29, 0.717) is 17.5 Å². The molecule has 0 heterocycles. The summed E-state index contributed by atoms with van der Waals surface area (Å²) in [5.41, 5.74) is 2.10. The lowest BCUT2D eigenvalue weighted by Gasteiger charge is -2.40. The molecule has 0 aliphatic heterocycles. The van der Waals surface area contributed by atoms with Crippen molar-refractivity contribution in [2.75, 3.05) is 0 Å². The molecule has 0 nitrogen and oxygen atoms in total. The van der Waals surface area contributed by atoms with Crippen LogP contribution in [0, 0.1) is 41.2 Å². The summed E-state index contributed by atoms with van der Waals surface area (Å²) in [6.45, 7) is 4.33. The molecule has 2 heteroatoms. The Labute approximate surface area is 232 Å². The van der Waals surface area contributed by atoms with E-state index in [1.54, 1.807) is 0 Å². The van der Waals surface area contributed by atoms with E-state index in [9.17, 15) is 4.39 Å². The molecule has 0 bridgehead atoms. The minimum Gasteiger partial charge on any atom is -0.203 e. The first-order valence-corrected chi connectivity index (χ1v) is 16.4. The summed E-state index contributed by atoms with van der Waals surface area (Å²) in [7, 11) is 0. The zero-order chi connectivity index (χ0) is 26.7. The van der Waals surface area contributed by atoms with Crippen molar-refractivity contribution in [2.45, 2.75) is 136 Å². The molecule has 3 aliphatic carbocycles. The molecule has 2 fully saturated rings. The number of aryl methyl sites for hydroxylation is 1. The van der Waals surface area contributed by atoms with Crippen molar-refractivity contribution in [1.82, 2.24) is 0 Å². The summed E-state index contributed by atoms with van der Waals surface area (Å²) in [6, 6.07) is 3.70. The maximum Gasteiger partial charge on any atom is 0.166 e. The zero-order valence-electron chi connectivity index (χ0n) is 24.5. The van der Waals surface area contributed by atoms with Crippen LogP contribution in [0.1, 0.15) is 141 Å². The molecule has 3 aliphatic rings. The number of hydrogen-bond acceptors (Lipinski definition) is 0. The molecule has 4 rings (SSSR count). The fourth-order valence-corrected chi connectivity index (χ4v) is 8.01. The van der Waals surface area contributed by atoms with Crippen molar-refractivity contribution in [3.63, 3.8) is 0 Å². The maximum atomic E-state index is 15.0. The average molecular weight is 525 g/mol. The van der Waals surface area contributed by atoms with Crippen molar-refractivity contribution >= 4 is 5.57 Å². The second kappa shape index (κ2) is 15.4. The number of hydrogen-bond donors (Lipinski definition) is 0. The molecule has 0 radical (unpaired) electrons. The summed E-state index contributed by atoms with van der Waals surface area (Å²) in [5.74, 6) is 3.25. The van der Waals surface area contributed by atoms with Crippen LogP contribution in [-0.4, -0.2) is 0 Å². The Kier molecular flexibility index (Phi) is 12.0. The summed E-state index contributed by atoms with van der Waals surface area (Å²) in [4.78, 5) is 0. The first kappa shape index (κ1) is 29.5. The Balaban J connectivity index is 1.21. The predicted molar refractivity (Wildman–Crippen MR) is 159 cm³/mol. The van der Waals surface area contributed by atoms with Gasteiger partial charge in [-0.2, -0.15) is 0 Å². The number of allylic oxidation sites excluding steroid dienone is 4. The Morgan fingerprint density at radius 1 is 0.763 bits per heavy atom. The topological polar surface area (TPSA) is 0 Å². The number of halogens is 2. The van der Waals surface area contributed by atoms with Crippen LogP contribution in [0.25, 0.3) is 5.57 Å². The van der Waals surface area contributed by atoms with Gasteiger partial charge in [0.2, 0.25) is 0 Å². The van der Waals surface area contributed by atoms with Crippen LogP contribution >= 0.6 is 0 Å². The quantitative estimate of drug-likeness (QED) is 0.188. The van der Waals surface area contributed by atoms with E-state index >= 15 is 4.39 Å². The molecule has 1 aromatic carbocycles. The SMILES string of the molecule is C/C=C/CCC1CCC(C2CCC(C3CC=C(c4ccc(CCCCCCC)c(F)c4F)CC3)CC2)CC1. The molecule has 1 aromatic rings. The van der Waals surface area contributed by atoms with Gasteiger partial charge in [0.25, 0.3) is 0 Å². The molecule has 1 atom stereocenters. The third kappa shape index (κ3) is 8.04. The van der Waals surface area contributed by atoms with E-state index in [0.717, 1.165) is 67.3 Å². The monoisotopic (exact) mass is 524 g/mol. The largest absolute Gasteiger partial charge is 0.203 e. The van der Waals surface area contributed by atoms with Crippen LogP contribution in [0.5, 0.6) is 0 Å². The minimum absolute atomic E-state index is 0.515. The van der Waals surface area contributed by atoms with Crippen molar-refractivity contribution in [1.29, 1.82) is 0 Å². The van der Waals surface area contributed by atoms with Crippen LogP contribution in [-0.2, 0) is 6.42 Å². The highest BCUT2D eigenvalue weighted by Crippen LogP contribution is 2.46. The normalized spacial score (nSPS) is 28.5. The standard InChI is InChI=1S/C36H54F2/c1-3-5-7-8-10-12-33-25-26-34(36(38)35(33)37)32-23-21-31(22-24-32)30-19-17-29(18-20-30)28-15-13-27(14-16-28)11-9-6-4-2/h4,6,23,25-31H,3,5,7-22,24H2,1-2H3/b6-4+. The van der Waals surface area contributed by atoms with E-state index in [1.165, 1.54) is 83.5 Å². The average Bonchev–Trinajstić information content (AvgIpc) is 2.96. The Hall–Kier alpha value is -1.44. The third-order valence-electron chi connectivity index (χ3n) is 10.5. The summed E-state index contributed by atoms with van der Waals surface area (Å²) in [5, 5.41) is 0. The molecule has 0 N–H and O–H groups in total. The fourth-order valence-electron chi connectivity index (χ4n) is 8.01. The zero-order valence-corrected chi connectivity index (χ0v) is 24.5. The van der Waals surface area contributed by atoms with Crippen LogP contribution in [0.4, 0.5) is 8.78 Å². The Bertz CT molecular complexity index is 896. The van der Waals surface area contributed by atoms with Crippen molar-refractivity contribution in [2.24, 2.45) is 29.6 Å². The van der Waals surface area contributed by atoms with E-state index in [1.807, 2.05) is 12.1 Å². The van der Waals surface area contributed by atoms with Gasteiger partial charge in [0.15, 0.2) is 11.6 Å². The highest BCUT2D eigenvalue weighted by Gasteiger charge is 2.34. The summed E-state index contributed by atoms with van der Waals surface area (Å²) >= 11 is 0. The lowest BCUT2D eigenvalue weighted by Crippen LogP contribution is -2.28. The Morgan fingerprint density at radius 3 is 2.05 bits per heavy atom. The molecule has 0 spiro atoms. The van der Waals surface area contributed by atoms with Crippen LogP contribution in [0.15, 0.2) is 30.4 Å². The number of unbranched alkanes of at least 4 members (excludes halogenated alkanes) is 4. The van der Waals surface area contributed by atoms with Gasteiger partial charge in [-0.3, -0.25) is 0 Å². The molecular weight excluding hydrogens is 470 g/mol. The van der Waals surface area contributed by atoms with Gasteiger partial charge in [0.1, 0.15) is 0 Å². The summed E-state index contributed by atoms with van der Waals surface area (Å²) in [6.07, 6.45) is 30.3. The molecular formula is C36H54F2. The van der Waals surface area contributed by atoms with Gasteiger partial charge in [-0.15, -0.1) is 0 Å². The van der Waals surface area contributed by atoms with Crippen molar-refractivity contribution in [3.8, 4) is 0 Å². The second-order valence-electron chi connectivity index (χ2n) is 12.9. The van der Waals surface area contributed by atoms with Crippen molar-refractivity contribution < 1.29 is 8.78 Å². The molecule has 38 heavy (non-hydrogen) atoms. The lowest BCUT2D eigenvalue weighted by atomic mass is 9.65. The molecule has 2 saturated carbocycles. The van der Waals surface area contributed by atoms with E-state index < -0.39 is 11.6 Å². The first-order valence-electron chi connectivity index (χ1n) is 16.4. The van der Waals surface area contributed by atoms with Gasteiger partial charge in [-0.25, -0.2) is 8.78 Å². The van der Waals surface area contributed by atoms with Crippen LogP contribution in [0.3, 0.4) is 0 Å². The third-order valence-corrected chi connectivity index (χ3v) is 10.5. The first-order chi connectivity index (χ1) is 18.6. The summed E-state index contributed by atoms with van der Waals surface area (Å²) < 4.78 is 29.9. The van der Waals surface area contributed by atoms with Gasteiger partial charge < -0.3 is 0 Å². The smallest absolute Gasteiger partial charge is 0.166 e. The van der Waals surface area contributed by atoms with Crippen LogP contribution in [0.2, 0.25) is 0 Å². The predicted octanol–water partition coefficient (Wildman–Crippen LogP) is 11.6. The van der Waals surface area contributed by atoms with E-state index in [-0.39, 0.29) is 0 Å². The van der Waals surface area contributed by atoms with Gasteiger partial charge in [0, 0.05) is 5.56 Å². The highest BCUT2D eigenvalue weighted by atomic mass is 19.2. The fraction of sp³-hybridized carbons (Fsp3) is 0.722. The molecule has 0 aromatic heterocycles. The molecule has 212 valence electrons.